The van der Waals surface area contributed by atoms with Gasteiger partial charge in [0, 0.05) is 32.3 Å². The molecule has 1 aliphatic rings. The van der Waals surface area contributed by atoms with Gasteiger partial charge in [-0.3, -0.25) is 4.99 Å². The number of guanidine groups is 1. The quantitative estimate of drug-likeness (QED) is 0.287. The van der Waals surface area contributed by atoms with E-state index in [0.29, 0.717) is 12.5 Å². The Kier molecular flexibility index (Phi) is 8.38. The first kappa shape index (κ1) is 23.9. The summed E-state index contributed by atoms with van der Waals surface area (Å²) in [5.41, 5.74) is 3.30. The average Bonchev–Trinajstić information content (AvgIpc) is 3.50. The average molecular weight is 547 g/mol. The number of methoxy groups -OCH3 is 2. The Morgan fingerprint density at radius 1 is 1.03 bits per heavy atom. The van der Waals surface area contributed by atoms with Gasteiger partial charge in [0.05, 0.1) is 32.1 Å². The van der Waals surface area contributed by atoms with Gasteiger partial charge in [-0.1, -0.05) is 12.1 Å². The molecule has 1 aliphatic heterocycles. The van der Waals surface area contributed by atoms with Crippen LogP contribution in [0.15, 0.2) is 65.8 Å². The van der Waals surface area contributed by atoms with Crippen molar-refractivity contribution in [2.75, 3.05) is 34.4 Å². The first-order valence-electron chi connectivity index (χ1n) is 10.5. The molecular formula is C24H30IN5O2. The van der Waals surface area contributed by atoms with Gasteiger partial charge >= 0.3 is 0 Å². The normalized spacial score (nSPS) is 15.9. The lowest BCUT2D eigenvalue weighted by Gasteiger charge is -2.21. The molecule has 2 aromatic carbocycles. The van der Waals surface area contributed by atoms with Crippen LogP contribution in [0, 0.1) is 0 Å². The number of likely N-dealkylation sites (tertiary alicyclic amines) is 1. The molecule has 1 saturated heterocycles. The molecule has 1 N–H and O–H groups in total. The molecule has 0 radical (unpaired) electrons. The number of nitrogens with zero attached hydrogens (tertiary/aromatic N) is 4. The Morgan fingerprint density at radius 2 is 1.69 bits per heavy atom. The van der Waals surface area contributed by atoms with E-state index in [9.17, 15) is 0 Å². The van der Waals surface area contributed by atoms with Gasteiger partial charge in [0.1, 0.15) is 11.5 Å². The fraction of sp³-hybridized carbons (Fsp3) is 0.333. The molecule has 170 valence electrons. The van der Waals surface area contributed by atoms with Crippen LogP contribution in [0.25, 0.3) is 5.69 Å². The highest BCUT2D eigenvalue weighted by molar-refractivity contribution is 14.0. The van der Waals surface area contributed by atoms with Gasteiger partial charge < -0.3 is 19.7 Å². The molecule has 0 saturated carbocycles. The summed E-state index contributed by atoms with van der Waals surface area (Å²) in [6, 6.07) is 18.3. The Labute approximate surface area is 206 Å². The lowest BCUT2D eigenvalue weighted by atomic mass is 9.98. The van der Waals surface area contributed by atoms with Crippen molar-refractivity contribution < 1.29 is 9.47 Å². The van der Waals surface area contributed by atoms with Crippen molar-refractivity contribution in [3.8, 4) is 17.2 Å². The van der Waals surface area contributed by atoms with Gasteiger partial charge in [0.2, 0.25) is 0 Å². The van der Waals surface area contributed by atoms with Crippen LogP contribution >= 0.6 is 24.0 Å². The van der Waals surface area contributed by atoms with Crippen LogP contribution < -0.4 is 14.8 Å². The van der Waals surface area contributed by atoms with Crippen LogP contribution in [-0.2, 0) is 6.54 Å². The van der Waals surface area contributed by atoms with E-state index in [-0.39, 0.29) is 24.0 Å². The lowest BCUT2D eigenvalue weighted by molar-refractivity contribution is 0.414. The van der Waals surface area contributed by atoms with Crippen LogP contribution in [0.4, 0.5) is 0 Å². The van der Waals surface area contributed by atoms with E-state index in [1.54, 1.807) is 14.2 Å². The van der Waals surface area contributed by atoms with Gasteiger partial charge in [-0.2, -0.15) is 5.10 Å². The third-order valence-corrected chi connectivity index (χ3v) is 5.70. The molecule has 4 rings (SSSR count). The number of halogens is 1. The summed E-state index contributed by atoms with van der Waals surface area (Å²) in [6.45, 7) is 2.56. The molecule has 1 fully saturated rings. The van der Waals surface area contributed by atoms with Gasteiger partial charge in [0.15, 0.2) is 5.96 Å². The molecule has 1 aromatic heterocycles. The van der Waals surface area contributed by atoms with Crippen molar-refractivity contribution in [3.05, 3.63) is 72.1 Å². The number of aromatic nitrogens is 2. The molecule has 7 nitrogen and oxygen atoms in total. The minimum Gasteiger partial charge on any atom is -0.497 e. The second kappa shape index (κ2) is 11.2. The topological polar surface area (TPSA) is 63.9 Å². The van der Waals surface area contributed by atoms with Gasteiger partial charge in [0.25, 0.3) is 0 Å². The summed E-state index contributed by atoms with van der Waals surface area (Å²) in [4.78, 5) is 6.80. The summed E-state index contributed by atoms with van der Waals surface area (Å²) >= 11 is 0. The Bertz CT molecular complexity index is 1020. The number of hydrogen-bond donors (Lipinski definition) is 1. The predicted octanol–water partition coefficient (Wildman–Crippen LogP) is 4.07. The number of aliphatic imine (C=N–C) groups is 1. The molecule has 0 spiro atoms. The summed E-state index contributed by atoms with van der Waals surface area (Å²) in [5, 5.41) is 8.14. The van der Waals surface area contributed by atoms with E-state index in [4.69, 9.17) is 9.47 Å². The van der Waals surface area contributed by atoms with Gasteiger partial charge in [-0.05, 0) is 54.4 Å². The van der Waals surface area contributed by atoms with Crippen molar-refractivity contribution in [3.63, 3.8) is 0 Å². The lowest BCUT2D eigenvalue weighted by Crippen LogP contribution is -2.39. The van der Waals surface area contributed by atoms with E-state index in [0.717, 1.165) is 48.4 Å². The standard InChI is InChI=1S/C24H29N5O2.HI/c1-25-24(28-14-12-19(17-28)18-4-8-22(30-2)9-5-18)26-16-20-13-15-29(27-20)21-6-10-23(31-3)11-7-21;/h4-11,13,15,19H,12,14,16-17H2,1-3H3,(H,25,26);1H. The van der Waals surface area contributed by atoms with E-state index < -0.39 is 0 Å². The Hall–Kier alpha value is -2.75. The van der Waals surface area contributed by atoms with Crippen LogP contribution in [0.3, 0.4) is 0 Å². The zero-order chi connectivity index (χ0) is 21.6. The van der Waals surface area contributed by atoms with E-state index in [1.807, 2.05) is 60.4 Å². The second-order valence-corrected chi connectivity index (χ2v) is 7.56. The van der Waals surface area contributed by atoms with Gasteiger partial charge in [-0.15, -0.1) is 24.0 Å². The number of rotatable bonds is 6. The van der Waals surface area contributed by atoms with Crippen molar-refractivity contribution >= 4 is 29.9 Å². The highest BCUT2D eigenvalue weighted by Crippen LogP contribution is 2.28. The predicted molar refractivity (Wildman–Crippen MR) is 138 cm³/mol. The van der Waals surface area contributed by atoms with Crippen LogP contribution in [0.1, 0.15) is 23.6 Å². The largest absolute Gasteiger partial charge is 0.497 e. The zero-order valence-electron chi connectivity index (χ0n) is 18.7. The summed E-state index contributed by atoms with van der Waals surface area (Å²) in [7, 11) is 5.19. The third kappa shape index (κ3) is 5.53. The molecule has 1 atom stereocenters. The number of ether oxygens (including phenoxy) is 2. The monoisotopic (exact) mass is 547 g/mol. The first-order valence-corrected chi connectivity index (χ1v) is 10.5. The maximum Gasteiger partial charge on any atom is 0.193 e. The number of nitrogens with one attached hydrogen (secondary N) is 1. The Balaban J connectivity index is 0.00000289. The van der Waals surface area contributed by atoms with Crippen molar-refractivity contribution in [1.29, 1.82) is 0 Å². The van der Waals surface area contributed by atoms with Crippen LogP contribution in [0.5, 0.6) is 11.5 Å². The maximum atomic E-state index is 5.27. The summed E-state index contributed by atoms with van der Waals surface area (Å²) in [5.74, 6) is 3.14. The van der Waals surface area contributed by atoms with Crippen molar-refractivity contribution in [2.45, 2.75) is 18.9 Å². The molecule has 0 aliphatic carbocycles. The molecular weight excluding hydrogens is 517 g/mol. The van der Waals surface area contributed by atoms with E-state index in [1.165, 1.54) is 5.56 Å². The minimum absolute atomic E-state index is 0. The molecule has 1 unspecified atom stereocenters. The first-order chi connectivity index (χ1) is 15.2. The highest BCUT2D eigenvalue weighted by Gasteiger charge is 2.26. The molecule has 32 heavy (non-hydrogen) atoms. The summed E-state index contributed by atoms with van der Waals surface area (Å²) < 4.78 is 12.4. The summed E-state index contributed by atoms with van der Waals surface area (Å²) in [6.07, 6.45) is 3.08. The van der Waals surface area contributed by atoms with Gasteiger partial charge in [-0.25, -0.2) is 4.68 Å². The molecule has 8 heteroatoms. The van der Waals surface area contributed by atoms with Crippen LogP contribution in [0.2, 0.25) is 0 Å². The second-order valence-electron chi connectivity index (χ2n) is 7.56. The third-order valence-electron chi connectivity index (χ3n) is 5.70. The fourth-order valence-corrected chi connectivity index (χ4v) is 3.94. The van der Waals surface area contributed by atoms with Crippen molar-refractivity contribution in [1.82, 2.24) is 20.0 Å². The van der Waals surface area contributed by atoms with Crippen LogP contribution in [-0.4, -0.2) is 55.0 Å². The Morgan fingerprint density at radius 3 is 2.31 bits per heavy atom. The fourth-order valence-electron chi connectivity index (χ4n) is 3.94. The molecule has 0 bridgehead atoms. The maximum absolute atomic E-state index is 5.27. The number of benzene rings is 2. The minimum atomic E-state index is 0. The van der Waals surface area contributed by atoms with Crippen molar-refractivity contribution in [2.24, 2.45) is 4.99 Å². The van der Waals surface area contributed by atoms with E-state index in [2.05, 4.69) is 32.4 Å². The molecule has 0 amide bonds. The smallest absolute Gasteiger partial charge is 0.193 e. The highest BCUT2D eigenvalue weighted by atomic mass is 127. The van der Waals surface area contributed by atoms with E-state index >= 15 is 0 Å². The zero-order valence-corrected chi connectivity index (χ0v) is 21.0. The number of hydrogen-bond acceptors (Lipinski definition) is 4. The molecule has 3 aromatic rings. The SMILES string of the molecule is CN=C(NCc1ccn(-c2ccc(OC)cc2)n1)N1CCC(c2ccc(OC)cc2)C1.I. The molecule has 2 heterocycles.